The molecule has 0 saturated carbocycles. The second-order valence-corrected chi connectivity index (χ2v) is 11.4. The fourth-order valence-corrected chi connectivity index (χ4v) is 6.09. The van der Waals surface area contributed by atoms with Gasteiger partial charge in [0.1, 0.15) is 12.4 Å². The molecule has 41 heavy (non-hydrogen) atoms. The summed E-state index contributed by atoms with van der Waals surface area (Å²) in [6.07, 6.45) is 1.77. The highest BCUT2D eigenvalue weighted by atomic mass is 79.9. The zero-order chi connectivity index (χ0) is 29.1. The highest BCUT2D eigenvalue weighted by Gasteiger charge is 2.33. The molecule has 1 aromatic heterocycles. The Morgan fingerprint density at radius 2 is 1.90 bits per heavy atom. The molecule has 0 unspecified atom stereocenters. The molecule has 0 fully saturated rings. The van der Waals surface area contributed by atoms with E-state index >= 15 is 0 Å². The van der Waals surface area contributed by atoms with Gasteiger partial charge in [0.2, 0.25) is 0 Å². The molecule has 2 heterocycles. The number of rotatable bonds is 7. The van der Waals surface area contributed by atoms with Gasteiger partial charge in [-0.3, -0.25) is 9.36 Å². The van der Waals surface area contributed by atoms with Crippen molar-refractivity contribution >= 4 is 39.3 Å². The van der Waals surface area contributed by atoms with Crippen LogP contribution in [-0.2, 0) is 16.1 Å². The molecule has 0 aliphatic carbocycles. The lowest BCUT2D eigenvalue weighted by molar-refractivity contribution is -0.139. The summed E-state index contributed by atoms with van der Waals surface area (Å²) < 4.78 is 14.3. The number of halogens is 1. The topological polar surface area (TPSA) is 93.7 Å². The van der Waals surface area contributed by atoms with Gasteiger partial charge in [-0.25, -0.2) is 9.79 Å². The molecule has 0 spiro atoms. The van der Waals surface area contributed by atoms with Crippen LogP contribution in [0.1, 0.15) is 47.7 Å². The maximum atomic E-state index is 14.0. The summed E-state index contributed by atoms with van der Waals surface area (Å²) in [5.74, 6) is 0.0687. The van der Waals surface area contributed by atoms with Crippen LogP contribution in [0, 0.1) is 18.3 Å². The fraction of sp³-hybridized carbons (Fsp3) is 0.188. The van der Waals surface area contributed by atoms with Crippen LogP contribution in [0.2, 0.25) is 0 Å². The normalized spacial score (nSPS) is 14.7. The minimum Gasteiger partial charge on any atom is -0.488 e. The average molecular weight is 629 g/mol. The number of benzene rings is 3. The van der Waals surface area contributed by atoms with Gasteiger partial charge >= 0.3 is 5.97 Å². The largest absolute Gasteiger partial charge is 0.488 e. The molecule has 7 nitrogen and oxygen atoms in total. The summed E-state index contributed by atoms with van der Waals surface area (Å²) in [6, 6.07) is 22.1. The molecule has 0 saturated heterocycles. The molecular weight excluding hydrogens is 602 g/mol. The number of aromatic nitrogens is 1. The maximum Gasteiger partial charge on any atom is 0.338 e. The Balaban J connectivity index is 1.62. The fourth-order valence-electron chi connectivity index (χ4n) is 4.67. The first-order chi connectivity index (χ1) is 19.8. The van der Waals surface area contributed by atoms with Gasteiger partial charge in [-0.15, -0.1) is 0 Å². The van der Waals surface area contributed by atoms with Gasteiger partial charge in [-0.05, 0) is 56.7 Å². The number of aryl methyl sites for hydroxylation is 1. The minimum absolute atomic E-state index is 0.197. The van der Waals surface area contributed by atoms with E-state index in [1.165, 1.54) is 11.3 Å². The number of hydrogen-bond acceptors (Lipinski definition) is 7. The van der Waals surface area contributed by atoms with E-state index < -0.39 is 12.0 Å². The van der Waals surface area contributed by atoms with Crippen molar-refractivity contribution in [2.24, 2.45) is 4.99 Å². The molecule has 206 valence electrons. The van der Waals surface area contributed by atoms with Crippen molar-refractivity contribution in [3.8, 4) is 11.8 Å². The van der Waals surface area contributed by atoms with Gasteiger partial charge in [-0.2, -0.15) is 5.26 Å². The average Bonchev–Trinajstić information content (AvgIpc) is 3.26. The quantitative estimate of drug-likeness (QED) is 0.259. The Labute approximate surface area is 249 Å². The van der Waals surface area contributed by atoms with Crippen LogP contribution < -0.4 is 19.6 Å². The van der Waals surface area contributed by atoms with Gasteiger partial charge < -0.3 is 9.47 Å². The van der Waals surface area contributed by atoms with Gasteiger partial charge in [0.05, 0.1) is 40.1 Å². The first-order valence-corrected chi connectivity index (χ1v) is 14.6. The molecule has 0 N–H and O–H groups in total. The summed E-state index contributed by atoms with van der Waals surface area (Å²) >= 11 is 4.77. The van der Waals surface area contributed by atoms with Gasteiger partial charge in [0.25, 0.3) is 5.56 Å². The summed E-state index contributed by atoms with van der Waals surface area (Å²) in [5, 5.41) is 9.44. The van der Waals surface area contributed by atoms with Crippen LogP contribution in [0.5, 0.6) is 5.75 Å². The first kappa shape index (κ1) is 28.3. The predicted molar refractivity (Wildman–Crippen MR) is 161 cm³/mol. The third kappa shape index (κ3) is 5.80. The Morgan fingerprint density at radius 3 is 2.63 bits per heavy atom. The van der Waals surface area contributed by atoms with Gasteiger partial charge in [-0.1, -0.05) is 75.3 Å². The number of nitrogens with zero attached hydrogens (tertiary/aromatic N) is 3. The maximum absolute atomic E-state index is 14.0. The van der Waals surface area contributed by atoms with Crippen LogP contribution in [0.3, 0.4) is 0 Å². The lowest BCUT2D eigenvalue weighted by Crippen LogP contribution is -2.39. The zero-order valence-electron chi connectivity index (χ0n) is 22.7. The summed E-state index contributed by atoms with van der Waals surface area (Å²) in [6.45, 7) is 5.91. The SMILES string of the molecule is CCOC(=O)C1=C(C)N=c2s/c(=C\c3cc(Br)ccc3OCc3ccccc3C#N)c(=O)n2[C@@H]1c1ccc(C)cc1. The van der Waals surface area contributed by atoms with Crippen LogP contribution in [0.15, 0.2) is 92.3 Å². The molecule has 0 amide bonds. The van der Waals surface area contributed by atoms with E-state index in [0.717, 1.165) is 21.2 Å². The molecular formula is C32H26BrN3O4S. The molecule has 0 bridgehead atoms. The number of fused-ring (bicyclic) bond motifs is 1. The number of hydrogen-bond donors (Lipinski definition) is 0. The Bertz CT molecular complexity index is 1900. The summed E-state index contributed by atoms with van der Waals surface area (Å²) in [7, 11) is 0. The van der Waals surface area contributed by atoms with Crippen molar-refractivity contribution in [1.29, 1.82) is 5.26 Å². The lowest BCUT2D eigenvalue weighted by atomic mass is 9.95. The molecule has 4 aromatic rings. The second kappa shape index (κ2) is 12.1. The zero-order valence-corrected chi connectivity index (χ0v) is 25.1. The third-order valence-electron chi connectivity index (χ3n) is 6.69. The molecule has 3 aromatic carbocycles. The van der Waals surface area contributed by atoms with E-state index in [9.17, 15) is 14.9 Å². The van der Waals surface area contributed by atoms with Crippen molar-refractivity contribution in [3.05, 3.63) is 130 Å². The number of allylic oxidation sites excluding steroid dienone is 1. The van der Waals surface area contributed by atoms with Crippen LogP contribution >= 0.6 is 27.3 Å². The van der Waals surface area contributed by atoms with E-state index in [0.29, 0.717) is 37.5 Å². The number of thiazole rings is 1. The van der Waals surface area contributed by atoms with E-state index in [1.807, 2.05) is 67.6 Å². The number of ether oxygens (including phenoxy) is 2. The molecule has 0 radical (unpaired) electrons. The van der Waals surface area contributed by atoms with Crippen molar-refractivity contribution in [1.82, 2.24) is 4.57 Å². The third-order valence-corrected chi connectivity index (χ3v) is 8.17. The van der Waals surface area contributed by atoms with E-state index in [-0.39, 0.29) is 18.8 Å². The summed E-state index contributed by atoms with van der Waals surface area (Å²) in [4.78, 5) is 32.2. The Kier molecular flexibility index (Phi) is 8.34. The monoisotopic (exact) mass is 627 g/mol. The van der Waals surface area contributed by atoms with E-state index in [2.05, 4.69) is 27.0 Å². The molecule has 5 rings (SSSR count). The van der Waals surface area contributed by atoms with Crippen molar-refractivity contribution in [2.75, 3.05) is 6.61 Å². The van der Waals surface area contributed by atoms with Crippen molar-refractivity contribution < 1.29 is 14.3 Å². The molecule has 1 aliphatic heterocycles. The van der Waals surface area contributed by atoms with Gasteiger partial charge in [0, 0.05) is 15.6 Å². The highest BCUT2D eigenvalue weighted by Crippen LogP contribution is 2.31. The van der Waals surface area contributed by atoms with Crippen LogP contribution in [0.4, 0.5) is 0 Å². The second-order valence-electron chi connectivity index (χ2n) is 9.45. The minimum atomic E-state index is -0.672. The van der Waals surface area contributed by atoms with Crippen LogP contribution in [0.25, 0.3) is 6.08 Å². The van der Waals surface area contributed by atoms with E-state index in [1.54, 1.807) is 30.6 Å². The van der Waals surface area contributed by atoms with Gasteiger partial charge in [0.15, 0.2) is 4.80 Å². The van der Waals surface area contributed by atoms with Crippen molar-refractivity contribution in [2.45, 2.75) is 33.4 Å². The number of esters is 1. The standard InChI is InChI=1S/C32H26BrN3O4S/c1-4-39-31(38)28-20(3)35-32-36(29(28)21-11-9-19(2)10-12-21)30(37)27(41-32)16-24-15-25(33)13-14-26(24)40-18-23-8-6-5-7-22(23)17-34/h5-16,29H,4,18H2,1-3H3/b27-16-/t29-/m1/s1. The number of carbonyl (C=O) groups is 1. The Morgan fingerprint density at radius 1 is 1.15 bits per heavy atom. The smallest absolute Gasteiger partial charge is 0.338 e. The molecule has 1 aliphatic rings. The lowest BCUT2D eigenvalue weighted by Gasteiger charge is -2.24. The van der Waals surface area contributed by atoms with Crippen molar-refractivity contribution in [3.63, 3.8) is 0 Å². The highest BCUT2D eigenvalue weighted by molar-refractivity contribution is 9.10. The Hall–Kier alpha value is -4.26. The van der Waals surface area contributed by atoms with E-state index in [4.69, 9.17) is 9.47 Å². The molecule has 1 atom stereocenters. The molecule has 9 heteroatoms. The summed E-state index contributed by atoms with van der Waals surface area (Å²) in [5.41, 5.74) is 4.46. The number of nitriles is 1. The predicted octanol–water partition coefficient (Wildman–Crippen LogP) is 5.32. The number of carbonyl (C=O) groups excluding carboxylic acids is 1. The first-order valence-electron chi connectivity index (χ1n) is 13.0. The van der Waals surface area contributed by atoms with Crippen LogP contribution in [-0.4, -0.2) is 17.1 Å².